The minimum absolute atomic E-state index is 0.889. The molecule has 3 nitrogen and oxygen atoms in total. The van der Waals surface area contributed by atoms with Gasteiger partial charge in [-0.15, -0.1) is 0 Å². The van der Waals surface area contributed by atoms with E-state index in [-0.39, 0.29) is 0 Å². The van der Waals surface area contributed by atoms with Crippen LogP contribution < -0.4 is 9.30 Å². The predicted octanol–water partition coefficient (Wildman–Crippen LogP) is 2.15. The monoisotopic (exact) mass is 213 g/mol. The quantitative estimate of drug-likeness (QED) is 0.616. The average Bonchev–Trinajstić information content (AvgIpc) is 2.66. The van der Waals surface area contributed by atoms with Gasteiger partial charge in [0.25, 0.3) is 0 Å². The molecule has 3 aromatic rings. The molecule has 2 aromatic heterocycles. The first-order valence-electron chi connectivity index (χ1n) is 5.22. The molecule has 2 heterocycles. The van der Waals surface area contributed by atoms with Crippen LogP contribution in [0.5, 0.6) is 5.75 Å². The van der Waals surface area contributed by atoms with Gasteiger partial charge in [0.05, 0.1) is 18.0 Å². The number of fused-ring (bicyclic) bond motifs is 3. The van der Waals surface area contributed by atoms with E-state index in [1.807, 2.05) is 25.4 Å². The molecular formula is C13H13N2O+. The molecule has 0 amide bonds. The van der Waals surface area contributed by atoms with E-state index in [9.17, 15) is 0 Å². The van der Waals surface area contributed by atoms with Crippen molar-refractivity contribution in [3.8, 4) is 5.75 Å². The molecular weight excluding hydrogens is 200 g/mol. The van der Waals surface area contributed by atoms with Gasteiger partial charge in [-0.05, 0) is 18.2 Å². The normalized spacial score (nSPS) is 11.1. The molecule has 0 fully saturated rings. The lowest BCUT2D eigenvalue weighted by Crippen LogP contribution is -2.25. The number of methoxy groups -OCH3 is 1. The number of nitrogens with one attached hydrogen (secondary N) is 1. The Kier molecular flexibility index (Phi) is 1.86. The highest BCUT2D eigenvalue weighted by molar-refractivity contribution is 6.06. The molecule has 3 rings (SSSR count). The number of ether oxygens (including phenoxy) is 1. The highest BCUT2D eigenvalue weighted by atomic mass is 16.5. The predicted molar refractivity (Wildman–Crippen MR) is 63.5 cm³/mol. The number of H-pyrrole nitrogens is 1. The van der Waals surface area contributed by atoms with E-state index >= 15 is 0 Å². The molecule has 0 saturated heterocycles. The number of hydrogen-bond acceptors (Lipinski definition) is 1. The maximum atomic E-state index is 5.25. The third-order valence-corrected chi connectivity index (χ3v) is 2.89. The maximum Gasteiger partial charge on any atom is 0.178 e. The Balaban J connectivity index is 2.44. The second-order valence-corrected chi connectivity index (χ2v) is 3.97. The molecule has 0 radical (unpaired) electrons. The number of rotatable bonds is 1. The fraction of sp³-hybridized carbons (Fsp3) is 0.154. The average molecular weight is 213 g/mol. The van der Waals surface area contributed by atoms with Crippen LogP contribution in [0.2, 0.25) is 0 Å². The zero-order valence-electron chi connectivity index (χ0n) is 9.32. The fourth-order valence-corrected chi connectivity index (χ4v) is 2.05. The van der Waals surface area contributed by atoms with Crippen molar-refractivity contribution in [1.29, 1.82) is 0 Å². The van der Waals surface area contributed by atoms with Crippen LogP contribution in [0.25, 0.3) is 21.8 Å². The van der Waals surface area contributed by atoms with Crippen molar-refractivity contribution >= 4 is 21.8 Å². The molecule has 80 valence electrons. The highest BCUT2D eigenvalue weighted by Crippen LogP contribution is 2.27. The summed E-state index contributed by atoms with van der Waals surface area (Å²) in [6.45, 7) is 0. The number of aryl methyl sites for hydroxylation is 1. The van der Waals surface area contributed by atoms with Crippen molar-refractivity contribution in [3.05, 3.63) is 36.7 Å². The van der Waals surface area contributed by atoms with E-state index < -0.39 is 0 Å². The summed E-state index contributed by atoms with van der Waals surface area (Å²) in [5.74, 6) is 0.889. The number of pyridine rings is 1. The first-order valence-corrected chi connectivity index (χ1v) is 5.22. The fourth-order valence-electron chi connectivity index (χ4n) is 2.05. The second kappa shape index (κ2) is 3.23. The van der Waals surface area contributed by atoms with Crippen molar-refractivity contribution in [1.82, 2.24) is 4.98 Å². The molecule has 1 N–H and O–H groups in total. The highest BCUT2D eigenvalue weighted by Gasteiger charge is 2.08. The van der Waals surface area contributed by atoms with Crippen LogP contribution >= 0.6 is 0 Å². The van der Waals surface area contributed by atoms with E-state index in [1.54, 1.807) is 7.11 Å². The Bertz CT molecular complexity index is 670. The summed E-state index contributed by atoms with van der Waals surface area (Å²) < 4.78 is 7.30. The molecule has 0 atom stereocenters. The van der Waals surface area contributed by atoms with Gasteiger partial charge in [0.1, 0.15) is 12.8 Å². The van der Waals surface area contributed by atoms with Gasteiger partial charge in [-0.3, -0.25) is 0 Å². The van der Waals surface area contributed by atoms with Crippen molar-refractivity contribution in [2.45, 2.75) is 0 Å². The van der Waals surface area contributed by atoms with Crippen molar-refractivity contribution in [3.63, 3.8) is 0 Å². The zero-order chi connectivity index (χ0) is 11.1. The van der Waals surface area contributed by atoms with Gasteiger partial charge in [0, 0.05) is 17.0 Å². The third kappa shape index (κ3) is 1.25. The van der Waals surface area contributed by atoms with Crippen molar-refractivity contribution < 1.29 is 9.30 Å². The van der Waals surface area contributed by atoms with Crippen LogP contribution in [0.3, 0.4) is 0 Å². The van der Waals surface area contributed by atoms with Crippen LogP contribution in [-0.2, 0) is 7.05 Å². The Hall–Kier alpha value is -2.03. The first kappa shape index (κ1) is 9.21. The first-order chi connectivity index (χ1) is 7.78. The smallest absolute Gasteiger partial charge is 0.178 e. The van der Waals surface area contributed by atoms with Crippen LogP contribution in [0.4, 0.5) is 0 Å². The number of aromatic nitrogens is 2. The Morgan fingerprint density at radius 2 is 1.94 bits per heavy atom. The SMILES string of the molecule is COc1ccc2[nH]c3cc[n+](C)cc3c2c1. The zero-order valence-corrected chi connectivity index (χ0v) is 9.32. The van der Waals surface area contributed by atoms with Gasteiger partial charge in [-0.2, -0.15) is 0 Å². The van der Waals surface area contributed by atoms with Crippen molar-refractivity contribution in [2.24, 2.45) is 7.05 Å². The largest absolute Gasteiger partial charge is 0.497 e. The molecule has 1 aromatic carbocycles. The van der Waals surface area contributed by atoms with E-state index in [0.717, 1.165) is 16.8 Å². The molecule has 0 aliphatic carbocycles. The number of aromatic amines is 1. The minimum Gasteiger partial charge on any atom is -0.497 e. The van der Waals surface area contributed by atoms with Crippen LogP contribution in [-0.4, -0.2) is 12.1 Å². The molecule has 0 aliphatic heterocycles. The van der Waals surface area contributed by atoms with Gasteiger partial charge >= 0.3 is 0 Å². The van der Waals surface area contributed by atoms with E-state index in [0.29, 0.717) is 0 Å². The summed E-state index contributed by atoms with van der Waals surface area (Å²) in [6, 6.07) is 8.17. The van der Waals surface area contributed by atoms with E-state index in [1.165, 1.54) is 10.8 Å². The van der Waals surface area contributed by atoms with Gasteiger partial charge < -0.3 is 9.72 Å². The van der Waals surface area contributed by atoms with Gasteiger partial charge in [0.15, 0.2) is 12.4 Å². The van der Waals surface area contributed by atoms with Crippen molar-refractivity contribution in [2.75, 3.05) is 7.11 Å². The molecule has 3 heteroatoms. The molecule has 0 bridgehead atoms. The minimum atomic E-state index is 0.889. The number of benzene rings is 1. The molecule has 16 heavy (non-hydrogen) atoms. The topological polar surface area (TPSA) is 28.9 Å². The van der Waals surface area contributed by atoms with Crippen LogP contribution in [0.15, 0.2) is 36.7 Å². The summed E-state index contributed by atoms with van der Waals surface area (Å²) in [4.78, 5) is 3.39. The third-order valence-electron chi connectivity index (χ3n) is 2.89. The van der Waals surface area contributed by atoms with E-state index in [2.05, 4.69) is 27.9 Å². The second-order valence-electron chi connectivity index (χ2n) is 3.97. The molecule has 0 spiro atoms. The summed E-state index contributed by atoms with van der Waals surface area (Å²) in [5.41, 5.74) is 2.29. The molecule has 0 unspecified atom stereocenters. The van der Waals surface area contributed by atoms with E-state index in [4.69, 9.17) is 4.74 Å². The summed E-state index contributed by atoms with van der Waals surface area (Å²) in [5, 5.41) is 2.42. The van der Waals surface area contributed by atoms with Gasteiger partial charge in [-0.25, -0.2) is 4.57 Å². The number of nitrogens with zero attached hydrogens (tertiary/aromatic N) is 1. The molecule has 0 aliphatic rings. The van der Waals surface area contributed by atoms with Gasteiger partial charge in [-0.1, -0.05) is 0 Å². The lowest BCUT2D eigenvalue weighted by molar-refractivity contribution is -0.670. The molecule has 0 saturated carbocycles. The van der Waals surface area contributed by atoms with Crippen LogP contribution in [0.1, 0.15) is 0 Å². The summed E-state index contributed by atoms with van der Waals surface area (Å²) >= 11 is 0. The lowest BCUT2D eigenvalue weighted by atomic mass is 10.2. The number of hydrogen-bond donors (Lipinski definition) is 1. The summed E-state index contributed by atoms with van der Waals surface area (Å²) in [6.07, 6.45) is 4.16. The Morgan fingerprint density at radius 1 is 1.12 bits per heavy atom. The maximum absolute atomic E-state index is 5.25. The standard InChI is InChI=1S/C13H12N2O/c1-15-6-5-13-11(8-15)10-7-9(16-2)3-4-12(10)14-13/h3-8H,1-2H3/p+1. The Labute approximate surface area is 93.3 Å². The van der Waals surface area contributed by atoms with Crippen LogP contribution in [0, 0.1) is 0 Å². The Morgan fingerprint density at radius 3 is 2.75 bits per heavy atom. The summed E-state index contributed by atoms with van der Waals surface area (Å²) in [7, 11) is 3.72. The lowest BCUT2D eigenvalue weighted by Gasteiger charge is -1.98. The van der Waals surface area contributed by atoms with Gasteiger partial charge in [0.2, 0.25) is 0 Å².